The molecule has 0 saturated carbocycles. The minimum atomic E-state index is -0.451. The minimum Gasteiger partial charge on any atom is -0.366 e. The summed E-state index contributed by atoms with van der Waals surface area (Å²) >= 11 is 0. The Morgan fingerprint density at radius 1 is 1.23 bits per heavy atom. The second-order valence-corrected chi connectivity index (χ2v) is 9.61. The molecule has 8 heteroatoms. The maximum absolute atomic E-state index is 12.9. The van der Waals surface area contributed by atoms with Gasteiger partial charge in [-0.2, -0.15) is 0 Å². The van der Waals surface area contributed by atoms with Crippen LogP contribution >= 0.6 is 0 Å². The average Bonchev–Trinajstić information content (AvgIpc) is 3.14. The number of aromatic nitrogens is 3. The van der Waals surface area contributed by atoms with Gasteiger partial charge in [0.25, 0.3) is 11.5 Å². The lowest BCUT2D eigenvalue weighted by Gasteiger charge is -2.37. The van der Waals surface area contributed by atoms with Gasteiger partial charge in [-0.05, 0) is 52.4 Å². The third-order valence-electron chi connectivity index (χ3n) is 6.01. The lowest BCUT2D eigenvalue weighted by molar-refractivity contribution is -0.109. The molecule has 0 aromatic carbocycles. The van der Waals surface area contributed by atoms with Gasteiger partial charge in [0.1, 0.15) is 11.8 Å². The first-order chi connectivity index (χ1) is 13.9. The van der Waals surface area contributed by atoms with Gasteiger partial charge in [-0.25, -0.2) is 4.68 Å². The fourth-order valence-corrected chi connectivity index (χ4v) is 4.14. The van der Waals surface area contributed by atoms with Gasteiger partial charge in [-0.3, -0.25) is 14.3 Å². The van der Waals surface area contributed by atoms with Gasteiger partial charge in [0.15, 0.2) is 11.5 Å². The van der Waals surface area contributed by atoms with E-state index in [1.165, 1.54) is 0 Å². The van der Waals surface area contributed by atoms with Crippen molar-refractivity contribution in [2.24, 2.45) is 12.5 Å². The largest absolute Gasteiger partial charge is 0.366 e. The van der Waals surface area contributed by atoms with Gasteiger partial charge in [0.05, 0.1) is 11.8 Å². The van der Waals surface area contributed by atoms with Crippen LogP contribution < -0.4 is 10.9 Å². The van der Waals surface area contributed by atoms with Gasteiger partial charge < -0.3 is 14.6 Å². The molecular formula is C22H34N4O4. The van der Waals surface area contributed by atoms with E-state index in [4.69, 9.17) is 9.26 Å². The molecule has 0 bridgehead atoms. The SMILES string of the molecule is Cc1c(C(=O)Nc2c(C)n(C)n(C(C)C)c2=O)noc1C1CCCC(C(C)(C)C)O1. The predicted molar refractivity (Wildman–Crippen MR) is 115 cm³/mol. The summed E-state index contributed by atoms with van der Waals surface area (Å²) < 4.78 is 15.2. The Morgan fingerprint density at radius 2 is 1.90 bits per heavy atom. The van der Waals surface area contributed by atoms with Crippen LogP contribution in [-0.2, 0) is 11.8 Å². The number of amides is 1. The molecule has 1 amide bonds. The molecule has 166 valence electrons. The zero-order chi connectivity index (χ0) is 22.4. The predicted octanol–water partition coefficient (Wildman–Crippen LogP) is 4.28. The van der Waals surface area contributed by atoms with Gasteiger partial charge in [-0.15, -0.1) is 0 Å². The third-order valence-corrected chi connectivity index (χ3v) is 6.01. The van der Waals surface area contributed by atoms with E-state index in [1.807, 2.05) is 20.8 Å². The van der Waals surface area contributed by atoms with E-state index < -0.39 is 5.91 Å². The molecule has 1 aliphatic rings. The molecule has 3 heterocycles. The molecule has 0 spiro atoms. The van der Waals surface area contributed by atoms with Crippen molar-refractivity contribution in [1.29, 1.82) is 0 Å². The summed E-state index contributed by atoms with van der Waals surface area (Å²) in [6.45, 7) is 14.0. The van der Waals surface area contributed by atoms with Crippen LogP contribution in [0.2, 0.25) is 0 Å². The molecule has 0 aliphatic carbocycles. The van der Waals surface area contributed by atoms with E-state index in [1.54, 1.807) is 23.3 Å². The number of hydrogen-bond donors (Lipinski definition) is 1. The highest BCUT2D eigenvalue weighted by Crippen LogP contribution is 2.39. The van der Waals surface area contributed by atoms with E-state index in [2.05, 4.69) is 31.2 Å². The molecule has 8 nitrogen and oxygen atoms in total. The molecule has 1 saturated heterocycles. The number of hydrogen-bond acceptors (Lipinski definition) is 5. The van der Waals surface area contributed by atoms with Crippen LogP contribution in [0.3, 0.4) is 0 Å². The smallest absolute Gasteiger partial charge is 0.290 e. The second-order valence-electron chi connectivity index (χ2n) is 9.61. The van der Waals surface area contributed by atoms with Crippen molar-refractivity contribution in [3.05, 3.63) is 33.1 Å². The number of nitrogens with one attached hydrogen (secondary N) is 1. The summed E-state index contributed by atoms with van der Waals surface area (Å²) in [5.74, 6) is 0.144. The first-order valence-electron chi connectivity index (χ1n) is 10.6. The van der Waals surface area contributed by atoms with Crippen molar-refractivity contribution in [3.8, 4) is 0 Å². The molecule has 1 N–H and O–H groups in total. The van der Waals surface area contributed by atoms with Crippen LogP contribution in [0.15, 0.2) is 9.32 Å². The minimum absolute atomic E-state index is 0.0218. The Morgan fingerprint density at radius 3 is 2.47 bits per heavy atom. The van der Waals surface area contributed by atoms with E-state index in [0.29, 0.717) is 17.0 Å². The van der Waals surface area contributed by atoms with Gasteiger partial charge in [0, 0.05) is 18.7 Å². The second kappa shape index (κ2) is 8.06. The number of carbonyl (C=O) groups excluding carboxylic acids is 1. The highest BCUT2D eigenvalue weighted by molar-refractivity contribution is 6.04. The zero-order valence-electron chi connectivity index (χ0n) is 19.3. The number of carbonyl (C=O) groups is 1. The topological polar surface area (TPSA) is 91.3 Å². The third kappa shape index (κ3) is 3.97. The van der Waals surface area contributed by atoms with Crippen LogP contribution in [0.4, 0.5) is 5.69 Å². The molecule has 1 aliphatic heterocycles. The monoisotopic (exact) mass is 418 g/mol. The maximum Gasteiger partial charge on any atom is 0.290 e. The number of rotatable bonds is 4. The number of ether oxygens (including phenoxy) is 1. The van der Waals surface area contributed by atoms with Crippen LogP contribution in [0.5, 0.6) is 0 Å². The maximum atomic E-state index is 12.9. The van der Waals surface area contributed by atoms with Gasteiger partial charge in [0.2, 0.25) is 0 Å². The molecule has 2 aromatic rings. The highest BCUT2D eigenvalue weighted by atomic mass is 16.5. The standard InChI is InChI=1S/C22H34N4O4/c1-12(2)26-21(28)18(14(4)25(26)8)23-20(27)17-13(3)19(30-24-17)15-10-9-11-16(29-15)22(5,6)7/h12,15-16H,9-11H2,1-8H3,(H,23,27). The Bertz CT molecular complexity index is 990. The van der Waals surface area contributed by atoms with Crippen molar-refractivity contribution in [3.63, 3.8) is 0 Å². The lowest BCUT2D eigenvalue weighted by Crippen LogP contribution is -2.34. The summed E-state index contributed by atoms with van der Waals surface area (Å²) in [5, 5.41) is 6.76. The Labute approximate surface area is 177 Å². The molecule has 30 heavy (non-hydrogen) atoms. The summed E-state index contributed by atoms with van der Waals surface area (Å²) in [4.78, 5) is 25.7. The number of anilines is 1. The first kappa shape index (κ1) is 22.3. The summed E-state index contributed by atoms with van der Waals surface area (Å²) in [5.41, 5.74) is 1.60. The van der Waals surface area contributed by atoms with E-state index in [-0.39, 0.29) is 40.6 Å². The fraction of sp³-hybridized carbons (Fsp3) is 0.682. The zero-order valence-corrected chi connectivity index (χ0v) is 19.3. The fourth-order valence-electron chi connectivity index (χ4n) is 4.14. The van der Waals surface area contributed by atoms with Gasteiger partial charge >= 0.3 is 0 Å². The Balaban J connectivity index is 1.84. The van der Waals surface area contributed by atoms with E-state index >= 15 is 0 Å². The summed E-state index contributed by atoms with van der Waals surface area (Å²) in [6, 6.07) is -0.0218. The lowest BCUT2D eigenvalue weighted by atomic mass is 9.83. The average molecular weight is 419 g/mol. The number of nitrogens with zero attached hydrogens (tertiary/aromatic N) is 3. The summed E-state index contributed by atoms with van der Waals surface area (Å²) in [6.07, 6.45) is 2.79. The normalized spacial score (nSPS) is 20.0. The van der Waals surface area contributed by atoms with E-state index in [0.717, 1.165) is 19.3 Å². The van der Waals surface area contributed by atoms with Crippen molar-refractivity contribution in [2.75, 3.05) is 5.32 Å². The van der Waals surface area contributed by atoms with Crippen molar-refractivity contribution >= 4 is 11.6 Å². The molecule has 3 rings (SSSR count). The molecule has 2 unspecified atom stereocenters. The van der Waals surface area contributed by atoms with Crippen LogP contribution in [0.1, 0.15) is 93.5 Å². The molecule has 2 aromatic heterocycles. The van der Waals surface area contributed by atoms with Gasteiger partial charge in [-0.1, -0.05) is 25.9 Å². The van der Waals surface area contributed by atoms with E-state index in [9.17, 15) is 9.59 Å². The first-order valence-corrected chi connectivity index (χ1v) is 10.6. The van der Waals surface area contributed by atoms with Crippen LogP contribution in [0.25, 0.3) is 0 Å². The molecular weight excluding hydrogens is 384 g/mol. The Hall–Kier alpha value is -2.35. The quantitative estimate of drug-likeness (QED) is 0.800. The molecule has 1 fully saturated rings. The van der Waals surface area contributed by atoms with Crippen molar-refractivity contribution in [2.45, 2.75) is 86.0 Å². The molecule has 0 radical (unpaired) electrons. The summed E-state index contributed by atoms with van der Waals surface area (Å²) in [7, 11) is 1.80. The van der Waals surface area contributed by atoms with Crippen molar-refractivity contribution in [1.82, 2.24) is 14.5 Å². The van der Waals surface area contributed by atoms with Crippen LogP contribution in [0, 0.1) is 19.3 Å². The highest BCUT2D eigenvalue weighted by Gasteiger charge is 2.35. The van der Waals surface area contributed by atoms with Crippen LogP contribution in [-0.4, -0.2) is 26.5 Å². The Kier molecular flexibility index (Phi) is 6.00. The van der Waals surface area contributed by atoms with Crippen molar-refractivity contribution < 1.29 is 14.1 Å². The molecule has 2 atom stereocenters.